The van der Waals surface area contributed by atoms with Gasteiger partial charge >= 0.3 is 0 Å². The lowest BCUT2D eigenvalue weighted by molar-refractivity contribution is 0.0983. The molecule has 0 fully saturated rings. The van der Waals surface area contributed by atoms with E-state index in [1.807, 2.05) is 13.0 Å². The average molecular weight is 242 g/mol. The first kappa shape index (κ1) is 11.5. The standard InChI is InChI=1S/C13H10N2OS/c1-9-2-3-12(17-9)13(16)11(8-14)10-4-6-15-7-5-10/h2-7,11H,1H3. The minimum absolute atomic E-state index is 0.142. The highest BCUT2D eigenvalue weighted by molar-refractivity contribution is 7.14. The second-order valence-corrected chi connectivity index (χ2v) is 4.91. The molecule has 3 nitrogen and oxygen atoms in total. The van der Waals surface area contributed by atoms with E-state index in [1.54, 1.807) is 30.6 Å². The van der Waals surface area contributed by atoms with E-state index in [-0.39, 0.29) is 5.78 Å². The second-order valence-electron chi connectivity index (χ2n) is 3.62. The highest BCUT2D eigenvalue weighted by Gasteiger charge is 2.22. The first-order valence-electron chi connectivity index (χ1n) is 5.12. The Morgan fingerprint density at radius 1 is 1.35 bits per heavy atom. The average Bonchev–Trinajstić information content (AvgIpc) is 2.78. The fraction of sp³-hybridized carbons (Fsp3) is 0.154. The molecule has 0 spiro atoms. The first-order chi connectivity index (χ1) is 8.22. The van der Waals surface area contributed by atoms with Crippen molar-refractivity contribution in [1.82, 2.24) is 4.98 Å². The van der Waals surface area contributed by atoms with Crippen molar-refractivity contribution in [3.8, 4) is 6.07 Å². The molecule has 2 heterocycles. The zero-order valence-electron chi connectivity index (χ0n) is 9.25. The van der Waals surface area contributed by atoms with Gasteiger partial charge in [0, 0.05) is 17.3 Å². The van der Waals surface area contributed by atoms with Gasteiger partial charge in [-0.15, -0.1) is 11.3 Å². The Morgan fingerprint density at radius 3 is 2.59 bits per heavy atom. The van der Waals surface area contributed by atoms with Crippen molar-refractivity contribution in [2.45, 2.75) is 12.8 Å². The molecule has 17 heavy (non-hydrogen) atoms. The number of thiophene rings is 1. The molecule has 0 aromatic carbocycles. The third-order valence-corrected chi connectivity index (χ3v) is 3.43. The fourth-order valence-corrected chi connectivity index (χ4v) is 2.39. The zero-order valence-corrected chi connectivity index (χ0v) is 10.1. The Labute approximate surface area is 103 Å². The van der Waals surface area contributed by atoms with Crippen LogP contribution in [-0.4, -0.2) is 10.8 Å². The van der Waals surface area contributed by atoms with Gasteiger partial charge in [-0.05, 0) is 36.8 Å². The number of aromatic nitrogens is 1. The molecule has 0 aliphatic heterocycles. The largest absolute Gasteiger partial charge is 0.291 e. The van der Waals surface area contributed by atoms with E-state index >= 15 is 0 Å². The van der Waals surface area contributed by atoms with Crippen molar-refractivity contribution < 1.29 is 4.79 Å². The summed E-state index contributed by atoms with van der Waals surface area (Å²) in [6, 6.07) is 9.12. The van der Waals surface area contributed by atoms with Crippen molar-refractivity contribution in [1.29, 1.82) is 5.26 Å². The third kappa shape index (κ3) is 2.40. The molecule has 4 heteroatoms. The number of nitriles is 1. The monoisotopic (exact) mass is 242 g/mol. The van der Waals surface area contributed by atoms with Crippen LogP contribution in [0, 0.1) is 18.3 Å². The van der Waals surface area contributed by atoms with Crippen molar-refractivity contribution in [3.63, 3.8) is 0 Å². The van der Waals surface area contributed by atoms with Gasteiger partial charge < -0.3 is 0 Å². The lowest BCUT2D eigenvalue weighted by atomic mass is 9.96. The topological polar surface area (TPSA) is 53.8 Å². The maximum Gasteiger partial charge on any atom is 0.194 e. The SMILES string of the molecule is Cc1ccc(C(=O)C(C#N)c2ccncc2)s1. The van der Waals surface area contributed by atoms with Gasteiger partial charge in [0.1, 0.15) is 5.92 Å². The van der Waals surface area contributed by atoms with E-state index in [2.05, 4.69) is 11.1 Å². The van der Waals surface area contributed by atoms with Crippen LogP contribution < -0.4 is 0 Å². The molecular formula is C13H10N2OS. The quantitative estimate of drug-likeness (QED) is 0.777. The van der Waals surface area contributed by atoms with Crippen molar-refractivity contribution in [3.05, 3.63) is 52.0 Å². The predicted molar refractivity (Wildman–Crippen MR) is 66.0 cm³/mol. The highest BCUT2D eigenvalue weighted by atomic mass is 32.1. The Balaban J connectivity index is 2.32. The molecule has 0 saturated heterocycles. The van der Waals surface area contributed by atoms with Crippen molar-refractivity contribution >= 4 is 17.1 Å². The zero-order chi connectivity index (χ0) is 12.3. The van der Waals surface area contributed by atoms with Crippen molar-refractivity contribution in [2.75, 3.05) is 0 Å². The minimum atomic E-state index is -0.740. The van der Waals surface area contributed by atoms with Crippen LogP contribution in [0.25, 0.3) is 0 Å². The van der Waals surface area contributed by atoms with Gasteiger partial charge in [-0.25, -0.2) is 0 Å². The van der Waals surface area contributed by atoms with Gasteiger partial charge in [0.2, 0.25) is 0 Å². The van der Waals surface area contributed by atoms with Gasteiger partial charge in [0.15, 0.2) is 5.78 Å². The molecule has 0 amide bonds. The molecule has 0 aliphatic rings. The van der Waals surface area contributed by atoms with E-state index in [0.29, 0.717) is 10.4 Å². The van der Waals surface area contributed by atoms with E-state index in [4.69, 9.17) is 5.26 Å². The van der Waals surface area contributed by atoms with Gasteiger partial charge in [0.05, 0.1) is 10.9 Å². The Hall–Kier alpha value is -1.99. The maximum absolute atomic E-state index is 12.2. The number of carbonyl (C=O) groups is 1. The molecule has 0 aliphatic carbocycles. The summed E-state index contributed by atoms with van der Waals surface area (Å²) >= 11 is 1.42. The van der Waals surface area contributed by atoms with Gasteiger partial charge in [0.25, 0.3) is 0 Å². The fourth-order valence-electron chi connectivity index (χ4n) is 1.55. The molecule has 0 bridgehead atoms. The van der Waals surface area contributed by atoms with Crippen LogP contribution >= 0.6 is 11.3 Å². The second kappa shape index (κ2) is 4.89. The van der Waals surface area contributed by atoms with Gasteiger partial charge in [-0.3, -0.25) is 9.78 Å². The number of carbonyl (C=O) groups excluding carboxylic acids is 1. The summed E-state index contributed by atoms with van der Waals surface area (Å²) in [5.41, 5.74) is 0.693. The number of pyridine rings is 1. The molecule has 1 unspecified atom stereocenters. The number of hydrogen-bond acceptors (Lipinski definition) is 4. The smallest absolute Gasteiger partial charge is 0.194 e. The molecule has 1 atom stereocenters. The predicted octanol–water partition coefficient (Wildman–Crippen LogP) is 2.94. The summed E-state index contributed by atoms with van der Waals surface area (Å²) < 4.78 is 0. The molecule has 0 N–H and O–H groups in total. The summed E-state index contributed by atoms with van der Waals surface area (Å²) in [7, 11) is 0. The number of hydrogen-bond donors (Lipinski definition) is 0. The van der Waals surface area contributed by atoms with Crippen LogP contribution in [0.1, 0.15) is 26.0 Å². The van der Waals surface area contributed by atoms with Crippen LogP contribution in [0.2, 0.25) is 0 Å². The number of ketones is 1. The number of nitrogens with zero attached hydrogens (tertiary/aromatic N) is 2. The summed E-state index contributed by atoms with van der Waals surface area (Å²) in [5, 5.41) is 9.13. The molecule has 0 radical (unpaired) electrons. The van der Waals surface area contributed by atoms with Crippen LogP contribution in [-0.2, 0) is 0 Å². The van der Waals surface area contributed by atoms with E-state index in [1.165, 1.54) is 11.3 Å². The van der Waals surface area contributed by atoms with Crippen LogP contribution in [0.15, 0.2) is 36.7 Å². The summed E-state index contributed by atoms with van der Waals surface area (Å²) in [4.78, 5) is 17.7. The Kier molecular flexibility index (Phi) is 3.31. The van der Waals surface area contributed by atoms with Gasteiger partial charge in [-0.2, -0.15) is 5.26 Å². The number of rotatable bonds is 3. The number of Topliss-reactive ketones (excluding diaryl/α,β-unsaturated/α-hetero) is 1. The van der Waals surface area contributed by atoms with Crippen LogP contribution in [0.3, 0.4) is 0 Å². The van der Waals surface area contributed by atoms with Crippen LogP contribution in [0.5, 0.6) is 0 Å². The normalized spacial score (nSPS) is 11.8. The molecule has 2 rings (SSSR count). The Bertz CT molecular complexity index is 569. The highest BCUT2D eigenvalue weighted by Crippen LogP contribution is 2.24. The minimum Gasteiger partial charge on any atom is -0.291 e. The van der Waals surface area contributed by atoms with Gasteiger partial charge in [-0.1, -0.05) is 0 Å². The molecule has 0 saturated carbocycles. The first-order valence-corrected chi connectivity index (χ1v) is 5.94. The third-order valence-electron chi connectivity index (χ3n) is 2.41. The van der Waals surface area contributed by atoms with E-state index < -0.39 is 5.92 Å². The molecule has 84 valence electrons. The lowest BCUT2D eigenvalue weighted by Crippen LogP contribution is -2.09. The van der Waals surface area contributed by atoms with Crippen molar-refractivity contribution in [2.24, 2.45) is 0 Å². The molecular weight excluding hydrogens is 232 g/mol. The molecule has 2 aromatic heterocycles. The molecule has 2 aromatic rings. The number of aryl methyl sites for hydroxylation is 1. The van der Waals surface area contributed by atoms with Crippen LogP contribution in [0.4, 0.5) is 0 Å². The summed E-state index contributed by atoms with van der Waals surface area (Å²) in [5.74, 6) is -0.882. The van der Waals surface area contributed by atoms with E-state index in [0.717, 1.165) is 4.88 Å². The lowest BCUT2D eigenvalue weighted by Gasteiger charge is -2.06. The summed E-state index contributed by atoms with van der Waals surface area (Å²) in [6.45, 7) is 1.94. The maximum atomic E-state index is 12.2. The summed E-state index contributed by atoms with van der Waals surface area (Å²) in [6.07, 6.45) is 3.18. The Morgan fingerprint density at radius 2 is 2.06 bits per heavy atom. The van der Waals surface area contributed by atoms with E-state index in [9.17, 15) is 4.79 Å².